The lowest BCUT2D eigenvalue weighted by molar-refractivity contribution is 0.370. The highest BCUT2D eigenvalue weighted by molar-refractivity contribution is 5.80. The van der Waals surface area contributed by atoms with Crippen molar-refractivity contribution in [3.8, 4) is 11.5 Å². The topological polar surface area (TPSA) is 96.6 Å². The van der Waals surface area contributed by atoms with Crippen molar-refractivity contribution in [1.82, 2.24) is 25.4 Å². The Morgan fingerprint density at radius 3 is 3.16 bits per heavy atom. The largest absolute Gasteiger partial charge is 0.504 e. The van der Waals surface area contributed by atoms with Gasteiger partial charge in [-0.2, -0.15) is 5.10 Å². The number of hydrogen-bond donors (Lipinski definition) is 3. The van der Waals surface area contributed by atoms with Gasteiger partial charge in [0.2, 0.25) is 0 Å². The first-order valence-corrected chi connectivity index (χ1v) is 8.47. The van der Waals surface area contributed by atoms with E-state index < -0.39 is 0 Å². The fourth-order valence-corrected chi connectivity index (χ4v) is 2.89. The molecule has 1 aliphatic heterocycles. The van der Waals surface area contributed by atoms with Gasteiger partial charge in [0, 0.05) is 24.6 Å². The molecule has 0 fully saturated rings. The number of aliphatic imine (C=N–C) groups is 1. The van der Waals surface area contributed by atoms with Gasteiger partial charge >= 0.3 is 0 Å². The fourth-order valence-electron chi connectivity index (χ4n) is 2.89. The number of para-hydroxylation sites is 1. The lowest BCUT2D eigenvalue weighted by atomic mass is 10.1. The maximum atomic E-state index is 10.2. The molecule has 0 aliphatic carbocycles. The van der Waals surface area contributed by atoms with Gasteiger partial charge < -0.3 is 20.5 Å². The van der Waals surface area contributed by atoms with E-state index in [0.717, 1.165) is 43.3 Å². The van der Waals surface area contributed by atoms with E-state index in [-0.39, 0.29) is 11.8 Å². The van der Waals surface area contributed by atoms with Gasteiger partial charge in [0.1, 0.15) is 12.2 Å². The molecule has 134 valence electrons. The Labute approximate surface area is 146 Å². The number of rotatable bonds is 5. The van der Waals surface area contributed by atoms with E-state index in [1.165, 1.54) is 7.11 Å². The summed E-state index contributed by atoms with van der Waals surface area (Å²) in [5.41, 5.74) is 0.721. The quantitative estimate of drug-likeness (QED) is 0.554. The van der Waals surface area contributed by atoms with Crippen LogP contribution in [0.2, 0.25) is 0 Å². The molecular formula is C17H24N6O2. The number of nitrogens with zero attached hydrogens (tertiary/aromatic N) is 4. The zero-order chi connectivity index (χ0) is 17.6. The van der Waals surface area contributed by atoms with Crippen molar-refractivity contribution >= 4 is 5.96 Å². The van der Waals surface area contributed by atoms with Crippen LogP contribution in [0, 0.1) is 0 Å². The lowest BCUT2D eigenvalue weighted by Crippen LogP contribution is -2.47. The maximum Gasteiger partial charge on any atom is 0.191 e. The number of nitrogens with one attached hydrogen (secondary N) is 2. The zero-order valence-electron chi connectivity index (χ0n) is 14.6. The summed E-state index contributed by atoms with van der Waals surface area (Å²) in [6, 6.07) is 5.65. The highest BCUT2D eigenvalue weighted by Gasteiger charge is 2.20. The highest BCUT2D eigenvalue weighted by atomic mass is 16.5. The van der Waals surface area contributed by atoms with Gasteiger partial charge in [0.15, 0.2) is 17.5 Å². The smallest absolute Gasteiger partial charge is 0.191 e. The normalized spacial score (nSPS) is 17.0. The van der Waals surface area contributed by atoms with Crippen LogP contribution in [0.3, 0.4) is 0 Å². The number of phenolic OH excluding ortho intramolecular Hbond substituents is 1. The third-order valence-corrected chi connectivity index (χ3v) is 4.20. The van der Waals surface area contributed by atoms with Crippen LogP contribution in [-0.2, 0) is 19.5 Å². The first-order valence-electron chi connectivity index (χ1n) is 8.47. The van der Waals surface area contributed by atoms with Gasteiger partial charge in [-0.25, -0.2) is 14.7 Å². The average molecular weight is 344 g/mol. The minimum absolute atomic E-state index is 0.134. The molecule has 1 unspecified atom stereocenters. The van der Waals surface area contributed by atoms with Crippen LogP contribution in [0.15, 0.2) is 29.5 Å². The van der Waals surface area contributed by atoms with E-state index in [1.807, 2.05) is 23.7 Å². The number of phenols is 1. The van der Waals surface area contributed by atoms with Gasteiger partial charge in [-0.05, 0) is 19.4 Å². The third kappa shape index (κ3) is 4.01. The molecule has 1 atom stereocenters. The highest BCUT2D eigenvalue weighted by Crippen LogP contribution is 2.29. The molecule has 1 aromatic heterocycles. The number of methoxy groups -OCH3 is 1. The Balaban J connectivity index is 1.68. The summed E-state index contributed by atoms with van der Waals surface area (Å²) in [4.78, 5) is 8.84. The molecule has 1 aliphatic rings. The monoisotopic (exact) mass is 344 g/mol. The van der Waals surface area contributed by atoms with Gasteiger partial charge in [-0.1, -0.05) is 12.1 Å². The minimum atomic E-state index is 0.134. The molecule has 3 N–H and O–H groups in total. The number of guanidine groups is 1. The Hall–Kier alpha value is -2.77. The number of aromatic hydroxyl groups is 1. The second kappa shape index (κ2) is 7.87. The van der Waals surface area contributed by atoms with Crippen LogP contribution < -0.4 is 15.4 Å². The summed E-state index contributed by atoms with van der Waals surface area (Å²) >= 11 is 0. The summed E-state index contributed by atoms with van der Waals surface area (Å²) in [6.07, 6.45) is 3.48. The van der Waals surface area contributed by atoms with Gasteiger partial charge in [-0.15, -0.1) is 0 Å². The van der Waals surface area contributed by atoms with E-state index in [1.54, 1.807) is 12.4 Å². The van der Waals surface area contributed by atoms with E-state index in [0.29, 0.717) is 12.3 Å². The van der Waals surface area contributed by atoms with Gasteiger partial charge in [0.25, 0.3) is 0 Å². The van der Waals surface area contributed by atoms with Crippen molar-refractivity contribution < 1.29 is 9.84 Å². The van der Waals surface area contributed by atoms with Crippen LogP contribution in [0.1, 0.15) is 24.7 Å². The van der Waals surface area contributed by atoms with Crippen LogP contribution >= 0.6 is 0 Å². The average Bonchev–Trinajstić information content (AvgIpc) is 3.08. The van der Waals surface area contributed by atoms with Crippen molar-refractivity contribution in [3.63, 3.8) is 0 Å². The Kier molecular flexibility index (Phi) is 5.37. The first-order chi connectivity index (χ1) is 12.2. The van der Waals surface area contributed by atoms with Crippen molar-refractivity contribution in [1.29, 1.82) is 0 Å². The number of benzene rings is 1. The number of aryl methyl sites for hydroxylation is 1. The van der Waals surface area contributed by atoms with E-state index in [2.05, 4.69) is 25.7 Å². The number of ether oxygens (including phenoxy) is 1. The number of aromatic nitrogens is 3. The first kappa shape index (κ1) is 17.1. The molecule has 0 bridgehead atoms. The summed E-state index contributed by atoms with van der Waals surface area (Å²) in [5, 5.41) is 21.1. The predicted molar refractivity (Wildman–Crippen MR) is 94.7 cm³/mol. The molecule has 3 rings (SSSR count). The van der Waals surface area contributed by atoms with Crippen LogP contribution in [0.25, 0.3) is 0 Å². The SMILES string of the molecule is CCNC(=NCc1cccc(OC)c1O)NC1CCc2ncnn2C1. The molecule has 0 saturated carbocycles. The molecule has 0 saturated heterocycles. The minimum Gasteiger partial charge on any atom is -0.504 e. The maximum absolute atomic E-state index is 10.2. The summed E-state index contributed by atoms with van der Waals surface area (Å²) in [6.45, 7) is 3.91. The zero-order valence-corrected chi connectivity index (χ0v) is 14.6. The third-order valence-electron chi connectivity index (χ3n) is 4.20. The van der Waals surface area contributed by atoms with Crippen molar-refractivity contribution in [2.45, 2.75) is 38.9 Å². The van der Waals surface area contributed by atoms with Gasteiger partial charge in [-0.3, -0.25) is 0 Å². The molecule has 2 aromatic rings. The fraction of sp³-hybridized carbons (Fsp3) is 0.471. The molecule has 8 nitrogen and oxygen atoms in total. The molecule has 2 heterocycles. The van der Waals surface area contributed by atoms with Crippen LogP contribution in [0.4, 0.5) is 0 Å². The predicted octanol–water partition coefficient (Wildman–Crippen LogP) is 1.06. The number of fused-ring (bicyclic) bond motifs is 1. The second-order valence-electron chi connectivity index (χ2n) is 5.90. The van der Waals surface area contributed by atoms with E-state index >= 15 is 0 Å². The summed E-state index contributed by atoms with van der Waals surface area (Å²) in [5.74, 6) is 2.34. The molecule has 1 aromatic carbocycles. The van der Waals surface area contributed by atoms with Crippen LogP contribution in [-0.4, -0.2) is 45.5 Å². The molecule has 0 radical (unpaired) electrons. The molecular weight excluding hydrogens is 320 g/mol. The Morgan fingerprint density at radius 2 is 2.36 bits per heavy atom. The second-order valence-corrected chi connectivity index (χ2v) is 5.90. The van der Waals surface area contributed by atoms with Crippen LogP contribution in [0.5, 0.6) is 11.5 Å². The number of hydrogen-bond acceptors (Lipinski definition) is 5. The standard InChI is InChI=1S/C17H24N6O2/c1-3-18-17(19-9-12-5-4-6-14(25-2)16(12)24)22-13-7-8-15-20-11-21-23(15)10-13/h4-6,11,13,24H,3,7-10H2,1-2H3,(H2,18,19,22). The molecule has 25 heavy (non-hydrogen) atoms. The van der Waals surface area contributed by atoms with E-state index in [4.69, 9.17) is 4.74 Å². The molecule has 0 amide bonds. The Morgan fingerprint density at radius 1 is 1.48 bits per heavy atom. The van der Waals surface area contributed by atoms with Crippen molar-refractivity contribution in [3.05, 3.63) is 35.9 Å². The summed E-state index contributed by atoms with van der Waals surface area (Å²) < 4.78 is 7.07. The van der Waals surface area contributed by atoms with Gasteiger partial charge in [0.05, 0.1) is 20.2 Å². The molecule has 8 heteroatoms. The summed E-state index contributed by atoms with van der Waals surface area (Å²) in [7, 11) is 1.54. The van der Waals surface area contributed by atoms with E-state index in [9.17, 15) is 5.11 Å². The van der Waals surface area contributed by atoms with Crippen molar-refractivity contribution in [2.75, 3.05) is 13.7 Å². The van der Waals surface area contributed by atoms with Crippen molar-refractivity contribution in [2.24, 2.45) is 4.99 Å². The Bertz CT molecular complexity index is 742. The lowest BCUT2D eigenvalue weighted by Gasteiger charge is -2.25. The molecule has 0 spiro atoms.